The highest BCUT2D eigenvalue weighted by atomic mass is 32.2. The zero-order valence-corrected chi connectivity index (χ0v) is 21.2. The first kappa shape index (κ1) is 24.9. The molecule has 0 aliphatic carbocycles. The summed E-state index contributed by atoms with van der Waals surface area (Å²) in [7, 11) is 1.62. The predicted molar refractivity (Wildman–Crippen MR) is 139 cm³/mol. The average Bonchev–Trinajstić information content (AvgIpc) is 3.41. The fraction of sp³-hybridized carbons (Fsp3) is 0.308. The minimum Gasteiger partial charge on any atom is -0.497 e. The molecule has 1 fully saturated rings. The molecule has 3 heterocycles. The second kappa shape index (κ2) is 12.0. The van der Waals surface area contributed by atoms with E-state index in [9.17, 15) is 9.59 Å². The first-order valence-electron chi connectivity index (χ1n) is 11.4. The lowest BCUT2D eigenvalue weighted by Gasteiger charge is -2.31. The van der Waals surface area contributed by atoms with E-state index < -0.39 is 0 Å². The summed E-state index contributed by atoms with van der Waals surface area (Å²) in [6.07, 6.45) is 5.16. The maximum atomic E-state index is 13.1. The number of piperidine rings is 1. The summed E-state index contributed by atoms with van der Waals surface area (Å²) in [4.78, 5) is 36.6. The van der Waals surface area contributed by atoms with Crippen LogP contribution in [0.1, 0.15) is 50.2 Å². The van der Waals surface area contributed by atoms with E-state index in [1.54, 1.807) is 25.4 Å². The Bertz CT molecular complexity index is 1170. The summed E-state index contributed by atoms with van der Waals surface area (Å²) < 4.78 is 5.16. The Kier molecular flexibility index (Phi) is 8.54. The molecule has 182 valence electrons. The minimum absolute atomic E-state index is 0.0147. The topological polar surface area (TPSA) is 84.4 Å². The number of nitrogens with zero attached hydrogens (tertiary/aromatic N) is 3. The van der Waals surface area contributed by atoms with E-state index in [4.69, 9.17) is 4.74 Å². The average molecular weight is 509 g/mol. The zero-order valence-electron chi connectivity index (χ0n) is 19.6. The van der Waals surface area contributed by atoms with E-state index in [-0.39, 0.29) is 17.7 Å². The molecular formula is C26H28N4O3S2. The lowest BCUT2D eigenvalue weighted by atomic mass is 9.97. The number of nitrogens with one attached hydrogen (secondary N) is 1. The predicted octanol–water partition coefficient (Wildman–Crippen LogP) is 4.77. The van der Waals surface area contributed by atoms with Crippen LogP contribution >= 0.6 is 23.1 Å². The number of rotatable bonds is 9. The Morgan fingerprint density at radius 1 is 1.26 bits per heavy atom. The van der Waals surface area contributed by atoms with Crippen LogP contribution in [0.4, 0.5) is 0 Å². The molecule has 0 atom stereocenters. The van der Waals surface area contributed by atoms with Gasteiger partial charge in [0.15, 0.2) is 0 Å². The maximum Gasteiger partial charge on any atom is 0.271 e. The van der Waals surface area contributed by atoms with Crippen LogP contribution in [0.2, 0.25) is 0 Å². The molecule has 0 bridgehead atoms. The van der Waals surface area contributed by atoms with Gasteiger partial charge in [0, 0.05) is 42.9 Å². The van der Waals surface area contributed by atoms with Crippen molar-refractivity contribution in [1.29, 1.82) is 0 Å². The van der Waals surface area contributed by atoms with Gasteiger partial charge in [0.25, 0.3) is 11.8 Å². The highest BCUT2D eigenvalue weighted by Gasteiger charge is 2.28. The second-order valence-electron chi connectivity index (χ2n) is 8.12. The number of pyridine rings is 1. The van der Waals surface area contributed by atoms with Crippen molar-refractivity contribution in [2.45, 2.75) is 30.3 Å². The van der Waals surface area contributed by atoms with Crippen molar-refractivity contribution in [2.24, 2.45) is 0 Å². The summed E-state index contributed by atoms with van der Waals surface area (Å²) in [6, 6.07) is 11.2. The van der Waals surface area contributed by atoms with Crippen molar-refractivity contribution in [1.82, 2.24) is 20.2 Å². The molecule has 7 nitrogen and oxygen atoms in total. The molecule has 0 saturated carbocycles. The van der Waals surface area contributed by atoms with Crippen LogP contribution < -0.4 is 10.1 Å². The molecule has 2 amide bonds. The highest BCUT2D eigenvalue weighted by Crippen LogP contribution is 2.31. The molecule has 0 spiro atoms. The number of carbonyl (C=O) groups is 2. The van der Waals surface area contributed by atoms with Crippen molar-refractivity contribution >= 4 is 34.9 Å². The van der Waals surface area contributed by atoms with Crippen LogP contribution in [-0.2, 0) is 6.54 Å². The standard InChI is InChI=1S/C26H28N4O3S2/c1-3-15-34-25-21(5-4-12-27-25)26(32)30-13-10-19(11-14-30)24-29-22(17-35-24)23(31)28-16-18-6-8-20(33-2)9-7-18/h3-9,12,17,19H,1,10-11,13-16H2,2H3,(H,28,31). The van der Waals surface area contributed by atoms with Gasteiger partial charge in [-0.05, 0) is 42.7 Å². The molecule has 2 aromatic heterocycles. The monoisotopic (exact) mass is 508 g/mol. The minimum atomic E-state index is -0.183. The van der Waals surface area contributed by atoms with Crippen LogP contribution in [0.5, 0.6) is 5.75 Å². The van der Waals surface area contributed by atoms with Crippen molar-refractivity contribution in [3.05, 3.63) is 82.5 Å². The number of amides is 2. The van der Waals surface area contributed by atoms with Gasteiger partial charge in [0.1, 0.15) is 16.5 Å². The fourth-order valence-electron chi connectivity index (χ4n) is 3.90. The SMILES string of the molecule is C=CCSc1ncccc1C(=O)N1CCC(c2nc(C(=O)NCc3ccc(OC)cc3)cs2)CC1. The van der Waals surface area contributed by atoms with Gasteiger partial charge in [0.2, 0.25) is 0 Å². The molecule has 3 aromatic rings. The molecule has 0 radical (unpaired) electrons. The van der Waals surface area contributed by atoms with Crippen LogP contribution in [-0.4, -0.2) is 52.6 Å². The summed E-state index contributed by atoms with van der Waals surface area (Å²) in [5.41, 5.74) is 2.07. The van der Waals surface area contributed by atoms with Gasteiger partial charge >= 0.3 is 0 Å². The highest BCUT2D eigenvalue weighted by molar-refractivity contribution is 7.99. The molecule has 1 N–H and O–H groups in total. The lowest BCUT2D eigenvalue weighted by Crippen LogP contribution is -2.38. The van der Waals surface area contributed by atoms with Gasteiger partial charge < -0.3 is 15.0 Å². The van der Waals surface area contributed by atoms with E-state index in [0.717, 1.165) is 34.2 Å². The first-order chi connectivity index (χ1) is 17.1. The zero-order chi connectivity index (χ0) is 24.6. The fourth-order valence-corrected chi connectivity index (χ4v) is 5.60. The van der Waals surface area contributed by atoms with E-state index in [1.165, 1.54) is 23.1 Å². The van der Waals surface area contributed by atoms with Crippen LogP contribution in [0.15, 0.2) is 65.7 Å². The number of benzene rings is 1. The smallest absolute Gasteiger partial charge is 0.271 e. The number of thiazole rings is 1. The number of aromatic nitrogens is 2. The molecule has 1 aliphatic rings. The van der Waals surface area contributed by atoms with E-state index in [0.29, 0.717) is 36.6 Å². The molecule has 35 heavy (non-hydrogen) atoms. The Balaban J connectivity index is 1.31. The largest absolute Gasteiger partial charge is 0.497 e. The van der Waals surface area contributed by atoms with E-state index in [1.807, 2.05) is 40.6 Å². The van der Waals surface area contributed by atoms with Crippen LogP contribution in [0.25, 0.3) is 0 Å². The molecule has 9 heteroatoms. The number of methoxy groups -OCH3 is 1. The first-order valence-corrected chi connectivity index (χ1v) is 13.3. The van der Waals surface area contributed by atoms with Crippen molar-refractivity contribution in [3.8, 4) is 5.75 Å². The number of hydrogen-bond donors (Lipinski definition) is 1. The second-order valence-corrected chi connectivity index (χ2v) is 10.0. The molecule has 0 unspecified atom stereocenters. The number of thioether (sulfide) groups is 1. The van der Waals surface area contributed by atoms with Gasteiger partial charge in [-0.25, -0.2) is 9.97 Å². The molecule has 1 aliphatic heterocycles. The van der Waals surface area contributed by atoms with Crippen molar-refractivity contribution in [3.63, 3.8) is 0 Å². The van der Waals surface area contributed by atoms with E-state index >= 15 is 0 Å². The third-order valence-corrected chi connectivity index (χ3v) is 7.85. The maximum absolute atomic E-state index is 13.1. The van der Waals surface area contributed by atoms with Crippen molar-refractivity contribution in [2.75, 3.05) is 26.0 Å². The Hall–Kier alpha value is -3.17. The quantitative estimate of drug-likeness (QED) is 0.331. The van der Waals surface area contributed by atoms with Gasteiger partial charge in [-0.1, -0.05) is 18.2 Å². The summed E-state index contributed by atoms with van der Waals surface area (Å²) in [6.45, 7) is 5.48. The Morgan fingerprint density at radius 3 is 2.74 bits per heavy atom. The van der Waals surface area contributed by atoms with Gasteiger partial charge in [-0.3, -0.25) is 9.59 Å². The molecule has 1 saturated heterocycles. The third-order valence-electron chi connectivity index (χ3n) is 5.84. The number of carbonyl (C=O) groups excluding carboxylic acids is 2. The molecular weight excluding hydrogens is 480 g/mol. The Morgan fingerprint density at radius 2 is 2.03 bits per heavy atom. The summed E-state index contributed by atoms with van der Waals surface area (Å²) in [5.74, 6) is 1.57. The summed E-state index contributed by atoms with van der Waals surface area (Å²) in [5, 5.41) is 6.44. The van der Waals surface area contributed by atoms with Crippen LogP contribution in [0.3, 0.4) is 0 Å². The number of hydrogen-bond acceptors (Lipinski definition) is 7. The van der Waals surface area contributed by atoms with Gasteiger partial charge in [0.05, 0.1) is 17.7 Å². The summed E-state index contributed by atoms with van der Waals surface area (Å²) >= 11 is 3.03. The third kappa shape index (κ3) is 6.29. The van der Waals surface area contributed by atoms with Gasteiger partial charge in [-0.2, -0.15) is 0 Å². The van der Waals surface area contributed by atoms with E-state index in [2.05, 4.69) is 21.9 Å². The normalized spacial score (nSPS) is 13.9. The number of ether oxygens (including phenoxy) is 1. The number of likely N-dealkylation sites (tertiary alicyclic amines) is 1. The molecule has 4 rings (SSSR count). The van der Waals surface area contributed by atoms with Crippen molar-refractivity contribution < 1.29 is 14.3 Å². The van der Waals surface area contributed by atoms with Crippen LogP contribution in [0, 0.1) is 0 Å². The lowest BCUT2D eigenvalue weighted by molar-refractivity contribution is 0.0708. The van der Waals surface area contributed by atoms with Gasteiger partial charge in [-0.15, -0.1) is 29.7 Å². The Labute approximate surface area is 213 Å². The molecule has 1 aromatic carbocycles.